The number of nitrogens with two attached hydrogens (primary N) is 1. The summed E-state index contributed by atoms with van der Waals surface area (Å²) in [7, 11) is 1.58. The van der Waals surface area contributed by atoms with Gasteiger partial charge in [-0.05, 0) is 12.1 Å². The Bertz CT molecular complexity index is 540. The number of rotatable bonds is 4. The maximum absolute atomic E-state index is 5.80. The van der Waals surface area contributed by atoms with E-state index in [1.807, 2.05) is 13.8 Å². The van der Waals surface area contributed by atoms with Crippen LogP contribution in [0.3, 0.4) is 0 Å². The Morgan fingerprint density at radius 3 is 2.67 bits per heavy atom. The summed E-state index contributed by atoms with van der Waals surface area (Å²) in [4.78, 5) is 4.29. The fourth-order valence-corrected chi connectivity index (χ4v) is 2.06. The predicted octanol–water partition coefficient (Wildman–Crippen LogP) is 3.04. The largest absolute Gasteiger partial charge is 0.495 e. The van der Waals surface area contributed by atoms with Crippen LogP contribution < -0.4 is 15.2 Å². The molecule has 0 aliphatic rings. The molecule has 0 unspecified atom stereocenters. The number of aromatic nitrogens is 2. The van der Waals surface area contributed by atoms with E-state index in [9.17, 15) is 0 Å². The molecule has 0 saturated carbocycles. The molecule has 0 atom stereocenters. The zero-order chi connectivity index (χ0) is 13.1. The van der Waals surface area contributed by atoms with Gasteiger partial charge in [-0.25, -0.2) is 0 Å². The minimum Gasteiger partial charge on any atom is -0.495 e. The third kappa shape index (κ3) is 2.70. The van der Waals surface area contributed by atoms with Crippen molar-refractivity contribution >= 4 is 17.2 Å². The van der Waals surface area contributed by atoms with Crippen LogP contribution in [0, 0.1) is 0 Å². The van der Waals surface area contributed by atoms with Crippen LogP contribution in [0.4, 0.5) is 5.69 Å². The highest BCUT2D eigenvalue weighted by molar-refractivity contribution is 7.07. The third-order valence-electron chi connectivity index (χ3n) is 2.35. The smallest absolute Gasteiger partial charge is 0.298 e. The van der Waals surface area contributed by atoms with Gasteiger partial charge < -0.3 is 15.2 Å². The Hall–Kier alpha value is -1.82. The highest BCUT2D eigenvalue weighted by atomic mass is 32.1. The number of hydrogen-bond donors (Lipinski definition) is 1. The van der Waals surface area contributed by atoms with E-state index in [-0.39, 0.29) is 0 Å². The summed E-state index contributed by atoms with van der Waals surface area (Å²) < 4.78 is 14.9. The van der Waals surface area contributed by atoms with E-state index in [1.165, 1.54) is 11.5 Å². The Morgan fingerprint density at radius 2 is 2.11 bits per heavy atom. The second kappa shape index (κ2) is 5.22. The lowest BCUT2D eigenvalue weighted by Gasteiger charge is -2.06. The molecule has 0 radical (unpaired) electrons. The van der Waals surface area contributed by atoms with Crippen LogP contribution in [-0.4, -0.2) is 16.5 Å². The molecule has 18 heavy (non-hydrogen) atoms. The molecule has 0 saturated heterocycles. The maximum atomic E-state index is 5.80. The number of nitrogen functional groups attached to an aromatic ring is 1. The first kappa shape index (κ1) is 12.6. The summed E-state index contributed by atoms with van der Waals surface area (Å²) in [5.41, 5.74) is 6.33. The number of benzene rings is 1. The second-order valence-corrected chi connectivity index (χ2v) is 4.79. The van der Waals surface area contributed by atoms with Crippen molar-refractivity contribution in [3.63, 3.8) is 0 Å². The van der Waals surface area contributed by atoms with Crippen molar-refractivity contribution in [2.75, 3.05) is 12.8 Å². The number of nitrogens with zero attached hydrogens (tertiary/aromatic N) is 2. The first-order valence-corrected chi connectivity index (χ1v) is 6.32. The van der Waals surface area contributed by atoms with Crippen molar-refractivity contribution in [1.82, 2.24) is 9.36 Å². The zero-order valence-corrected chi connectivity index (χ0v) is 11.3. The molecule has 0 spiro atoms. The van der Waals surface area contributed by atoms with Crippen LogP contribution in [0.25, 0.3) is 0 Å². The van der Waals surface area contributed by atoms with Gasteiger partial charge in [0.05, 0.1) is 12.8 Å². The van der Waals surface area contributed by atoms with Crippen LogP contribution in [0.15, 0.2) is 18.2 Å². The number of ether oxygens (including phenoxy) is 2. The molecule has 1 heterocycles. The summed E-state index contributed by atoms with van der Waals surface area (Å²) in [6.45, 7) is 4.08. The van der Waals surface area contributed by atoms with Crippen LogP contribution >= 0.6 is 11.5 Å². The van der Waals surface area contributed by atoms with Gasteiger partial charge in [0, 0.05) is 23.5 Å². The molecule has 0 fully saturated rings. The lowest BCUT2D eigenvalue weighted by Crippen LogP contribution is -1.93. The van der Waals surface area contributed by atoms with Gasteiger partial charge in [0.2, 0.25) is 0 Å². The molecule has 0 bridgehead atoms. The Morgan fingerprint density at radius 1 is 1.33 bits per heavy atom. The highest BCUT2D eigenvalue weighted by Crippen LogP contribution is 2.30. The quantitative estimate of drug-likeness (QED) is 0.860. The SMILES string of the molecule is COc1ccc(Oc2nc(C(C)C)ns2)cc1N. The van der Waals surface area contributed by atoms with Gasteiger partial charge in [0.25, 0.3) is 5.19 Å². The molecule has 2 rings (SSSR count). The second-order valence-electron chi connectivity index (χ2n) is 4.08. The van der Waals surface area contributed by atoms with Crippen LogP contribution in [-0.2, 0) is 0 Å². The average molecular weight is 265 g/mol. The minimum atomic E-state index is 0.291. The molecule has 1 aromatic carbocycles. The van der Waals surface area contributed by atoms with E-state index < -0.39 is 0 Å². The maximum Gasteiger partial charge on any atom is 0.298 e. The van der Waals surface area contributed by atoms with Gasteiger partial charge >= 0.3 is 0 Å². The Balaban J connectivity index is 2.15. The molecule has 1 aromatic heterocycles. The van der Waals surface area contributed by atoms with Gasteiger partial charge in [0.1, 0.15) is 17.3 Å². The molecule has 6 heteroatoms. The van der Waals surface area contributed by atoms with Crippen molar-refractivity contribution in [1.29, 1.82) is 0 Å². The average Bonchev–Trinajstić information content (AvgIpc) is 2.78. The fraction of sp³-hybridized carbons (Fsp3) is 0.333. The predicted molar refractivity (Wildman–Crippen MR) is 71.5 cm³/mol. The Labute approximate surface area is 110 Å². The molecular formula is C12H15N3O2S. The van der Waals surface area contributed by atoms with Gasteiger partial charge in [-0.3, -0.25) is 0 Å². The molecule has 5 nitrogen and oxygen atoms in total. The van der Waals surface area contributed by atoms with E-state index in [1.54, 1.807) is 25.3 Å². The lowest BCUT2D eigenvalue weighted by molar-refractivity contribution is 0.415. The zero-order valence-electron chi connectivity index (χ0n) is 10.5. The van der Waals surface area contributed by atoms with Gasteiger partial charge in [0.15, 0.2) is 0 Å². The monoisotopic (exact) mass is 265 g/mol. The molecule has 0 aliphatic heterocycles. The summed E-state index contributed by atoms with van der Waals surface area (Å²) in [5.74, 6) is 2.33. The van der Waals surface area contributed by atoms with E-state index in [0.717, 1.165) is 5.82 Å². The van der Waals surface area contributed by atoms with Crippen molar-refractivity contribution in [3.8, 4) is 16.7 Å². The summed E-state index contributed by atoms with van der Waals surface area (Å²) >= 11 is 1.23. The number of hydrogen-bond acceptors (Lipinski definition) is 6. The van der Waals surface area contributed by atoms with Gasteiger partial charge in [-0.15, -0.1) is 0 Å². The summed E-state index contributed by atoms with van der Waals surface area (Å²) in [5, 5.41) is 0.517. The lowest BCUT2D eigenvalue weighted by atomic mass is 10.2. The van der Waals surface area contributed by atoms with Gasteiger partial charge in [-0.1, -0.05) is 13.8 Å². The normalized spacial score (nSPS) is 10.7. The standard InChI is InChI=1S/C12H15N3O2S/c1-7(2)11-14-12(18-15-11)17-8-4-5-10(16-3)9(13)6-8/h4-7H,13H2,1-3H3. The number of anilines is 1. The van der Waals surface area contributed by atoms with E-state index in [2.05, 4.69) is 9.36 Å². The fourth-order valence-electron chi connectivity index (χ4n) is 1.37. The van der Waals surface area contributed by atoms with Crippen molar-refractivity contribution in [2.45, 2.75) is 19.8 Å². The van der Waals surface area contributed by atoms with E-state index in [0.29, 0.717) is 28.3 Å². The first-order chi connectivity index (χ1) is 8.60. The molecule has 2 aromatic rings. The summed E-state index contributed by atoms with van der Waals surface area (Å²) in [6.07, 6.45) is 0. The topological polar surface area (TPSA) is 70.3 Å². The Kier molecular flexibility index (Phi) is 3.66. The molecule has 2 N–H and O–H groups in total. The third-order valence-corrected chi connectivity index (χ3v) is 2.95. The first-order valence-electron chi connectivity index (χ1n) is 5.55. The van der Waals surface area contributed by atoms with Crippen LogP contribution in [0.2, 0.25) is 0 Å². The minimum absolute atomic E-state index is 0.291. The molecule has 96 valence electrons. The van der Waals surface area contributed by atoms with Crippen molar-refractivity contribution in [3.05, 3.63) is 24.0 Å². The molecular weight excluding hydrogens is 250 g/mol. The van der Waals surface area contributed by atoms with E-state index >= 15 is 0 Å². The highest BCUT2D eigenvalue weighted by Gasteiger charge is 2.10. The van der Waals surface area contributed by atoms with Crippen LogP contribution in [0.1, 0.15) is 25.6 Å². The number of methoxy groups -OCH3 is 1. The van der Waals surface area contributed by atoms with Gasteiger partial charge in [-0.2, -0.15) is 9.36 Å². The molecule has 0 amide bonds. The summed E-state index contributed by atoms with van der Waals surface area (Å²) in [6, 6.07) is 5.25. The van der Waals surface area contributed by atoms with Crippen molar-refractivity contribution < 1.29 is 9.47 Å². The molecule has 0 aliphatic carbocycles. The van der Waals surface area contributed by atoms with E-state index in [4.69, 9.17) is 15.2 Å². The van der Waals surface area contributed by atoms with Crippen molar-refractivity contribution in [2.24, 2.45) is 0 Å². The van der Waals surface area contributed by atoms with Crippen LogP contribution in [0.5, 0.6) is 16.7 Å².